The Kier molecular flexibility index (Phi) is 4.40. The SMILES string of the molecule is Cn1c(=O)c2c(-c3ccc(Cl)cc3Cl)n(-c3ccc(F)cc3)cc2n(C)c1=O. The monoisotopic (exact) mass is 417 g/mol. The van der Waals surface area contributed by atoms with Gasteiger partial charge in [0.25, 0.3) is 5.56 Å². The van der Waals surface area contributed by atoms with Crippen LogP contribution in [0.1, 0.15) is 0 Å². The molecular formula is C20H14Cl2FN3O2. The Balaban J connectivity index is 2.22. The molecule has 142 valence electrons. The van der Waals surface area contributed by atoms with E-state index in [0.29, 0.717) is 37.9 Å². The Bertz CT molecular complexity index is 1350. The first kappa shape index (κ1) is 18.5. The van der Waals surface area contributed by atoms with Gasteiger partial charge < -0.3 is 4.57 Å². The highest BCUT2D eigenvalue weighted by molar-refractivity contribution is 6.36. The Morgan fingerprint density at radius 1 is 0.929 bits per heavy atom. The van der Waals surface area contributed by atoms with Gasteiger partial charge in [0.1, 0.15) is 5.82 Å². The first-order valence-corrected chi connectivity index (χ1v) is 9.07. The molecule has 2 aromatic heterocycles. The van der Waals surface area contributed by atoms with Gasteiger partial charge in [-0.3, -0.25) is 13.9 Å². The van der Waals surface area contributed by atoms with Gasteiger partial charge in [-0.2, -0.15) is 0 Å². The van der Waals surface area contributed by atoms with Gasteiger partial charge in [0, 0.05) is 36.6 Å². The van der Waals surface area contributed by atoms with Gasteiger partial charge >= 0.3 is 5.69 Å². The van der Waals surface area contributed by atoms with E-state index in [-0.39, 0.29) is 5.82 Å². The summed E-state index contributed by atoms with van der Waals surface area (Å²) < 4.78 is 17.6. The molecule has 8 heteroatoms. The zero-order chi connectivity index (χ0) is 20.2. The summed E-state index contributed by atoms with van der Waals surface area (Å²) in [5.74, 6) is -0.380. The molecule has 28 heavy (non-hydrogen) atoms. The fourth-order valence-corrected chi connectivity index (χ4v) is 3.79. The number of rotatable bonds is 2. The summed E-state index contributed by atoms with van der Waals surface area (Å²) in [6.45, 7) is 0. The molecule has 0 aliphatic carbocycles. The molecule has 4 rings (SSSR count). The second-order valence-corrected chi connectivity index (χ2v) is 7.26. The lowest BCUT2D eigenvalue weighted by Gasteiger charge is -2.12. The number of halogens is 3. The van der Waals surface area contributed by atoms with E-state index in [4.69, 9.17) is 23.2 Å². The third-order valence-corrected chi connectivity index (χ3v) is 5.28. The van der Waals surface area contributed by atoms with Crippen molar-refractivity contribution in [2.24, 2.45) is 14.1 Å². The summed E-state index contributed by atoms with van der Waals surface area (Å²) in [7, 11) is 3.01. The van der Waals surface area contributed by atoms with E-state index in [0.717, 1.165) is 4.57 Å². The molecule has 0 aliphatic heterocycles. The van der Waals surface area contributed by atoms with Crippen LogP contribution >= 0.6 is 23.2 Å². The third kappa shape index (κ3) is 2.77. The van der Waals surface area contributed by atoms with Crippen LogP contribution in [0.5, 0.6) is 0 Å². The summed E-state index contributed by atoms with van der Waals surface area (Å²) in [5.41, 5.74) is 1.25. The number of aryl methyl sites for hydroxylation is 1. The number of aromatic nitrogens is 3. The second kappa shape index (κ2) is 6.65. The standard InChI is InChI=1S/C20H14Cl2FN3O2/c1-24-16-10-26(13-6-4-12(23)5-7-13)18(14-8-3-11(21)9-15(14)22)17(16)19(27)25(2)20(24)28/h3-10H,1-2H3. The molecule has 5 nitrogen and oxygen atoms in total. The lowest BCUT2D eigenvalue weighted by molar-refractivity contribution is 0.627. The molecule has 0 atom stereocenters. The van der Waals surface area contributed by atoms with Crippen molar-refractivity contribution < 1.29 is 4.39 Å². The van der Waals surface area contributed by atoms with E-state index in [1.807, 2.05) is 0 Å². The fourth-order valence-electron chi connectivity index (χ4n) is 3.29. The summed E-state index contributed by atoms with van der Waals surface area (Å²) >= 11 is 12.5. The maximum atomic E-state index is 13.4. The van der Waals surface area contributed by atoms with Crippen LogP contribution in [0.4, 0.5) is 4.39 Å². The number of hydrogen-bond acceptors (Lipinski definition) is 2. The molecule has 0 saturated carbocycles. The second-order valence-electron chi connectivity index (χ2n) is 6.41. The minimum absolute atomic E-state index is 0.332. The first-order chi connectivity index (χ1) is 13.3. The van der Waals surface area contributed by atoms with Gasteiger partial charge in [0.05, 0.1) is 21.6 Å². The highest BCUT2D eigenvalue weighted by Gasteiger charge is 2.21. The van der Waals surface area contributed by atoms with Gasteiger partial charge in [-0.15, -0.1) is 0 Å². The van der Waals surface area contributed by atoms with Crippen LogP contribution in [0.2, 0.25) is 10.0 Å². The molecule has 0 N–H and O–H groups in total. The van der Waals surface area contributed by atoms with Crippen LogP contribution in [-0.4, -0.2) is 13.7 Å². The number of fused-ring (bicyclic) bond motifs is 1. The molecule has 0 fully saturated rings. The molecule has 0 bridgehead atoms. The van der Waals surface area contributed by atoms with Crippen molar-refractivity contribution in [3.8, 4) is 16.9 Å². The maximum Gasteiger partial charge on any atom is 0.330 e. The normalized spacial score (nSPS) is 11.3. The highest BCUT2D eigenvalue weighted by atomic mass is 35.5. The summed E-state index contributed by atoms with van der Waals surface area (Å²) in [6.07, 6.45) is 1.67. The van der Waals surface area contributed by atoms with Crippen LogP contribution in [0.3, 0.4) is 0 Å². The first-order valence-electron chi connectivity index (χ1n) is 8.32. The van der Waals surface area contributed by atoms with Crippen LogP contribution < -0.4 is 11.2 Å². The fraction of sp³-hybridized carbons (Fsp3) is 0.100. The largest absolute Gasteiger partial charge is 0.330 e. The van der Waals surface area contributed by atoms with Gasteiger partial charge in [0.15, 0.2) is 0 Å². The van der Waals surface area contributed by atoms with Crippen molar-refractivity contribution >= 4 is 34.1 Å². The lowest BCUT2D eigenvalue weighted by atomic mass is 10.1. The topological polar surface area (TPSA) is 48.9 Å². The van der Waals surface area contributed by atoms with E-state index >= 15 is 0 Å². The van der Waals surface area contributed by atoms with Gasteiger partial charge in [-0.1, -0.05) is 23.2 Å². The molecule has 0 saturated heterocycles. The van der Waals surface area contributed by atoms with Gasteiger partial charge in [-0.05, 0) is 42.5 Å². The third-order valence-electron chi connectivity index (χ3n) is 4.73. The van der Waals surface area contributed by atoms with Crippen LogP contribution in [0.25, 0.3) is 27.8 Å². The minimum Gasteiger partial charge on any atom is -0.314 e. The minimum atomic E-state index is -0.444. The Hall–Kier alpha value is -2.83. The number of nitrogens with zero attached hydrogens (tertiary/aromatic N) is 3. The molecule has 0 radical (unpaired) electrons. The van der Waals surface area contributed by atoms with Crippen molar-refractivity contribution in [1.82, 2.24) is 13.7 Å². The molecular weight excluding hydrogens is 404 g/mol. The Morgan fingerprint density at radius 2 is 1.61 bits per heavy atom. The van der Waals surface area contributed by atoms with Crippen molar-refractivity contribution in [2.45, 2.75) is 0 Å². The zero-order valence-corrected chi connectivity index (χ0v) is 16.4. The summed E-state index contributed by atoms with van der Waals surface area (Å²) in [6, 6.07) is 10.8. The molecule has 2 aromatic carbocycles. The van der Waals surface area contributed by atoms with Crippen molar-refractivity contribution in [3.05, 3.63) is 85.4 Å². The average Bonchev–Trinajstić information content (AvgIpc) is 3.06. The average molecular weight is 418 g/mol. The van der Waals surface area contributed by atoms with E-state index in [9.17, 15) is 14.0 Å². The van der Waals surface area contributed by atoms with Crippen LogP contribution in [-0.2, 0) is 14.1 Å². The van der Waals surface area contributed by atoms with E-state index in [2.05, 4.69) is 0 Å². The molecule has 2 heterocycles. The zero-order valence-electron chi connectivity index (χ0n) is 14.9. The number of benzene rings is 2. The smallest absolute Gasteiger partial charge is 0.314 e. The van der Waals surface area contributed by atoms with Gasteiger partial charge in [-0.25, -0.2) is 9.18 Å². The Labute approximate surface area is 168 Å². The lowest BCUT2D eigenvalue weighted by Crippen LogP contribution is -2.36. The maximum absolute atomic E-state index is 13.4. The summed E-state index contributed by atoms with van der Waals surface area (Å²) in [5, 5.41) is 1.14. The van der Waals surface area contributed by atoms with Crippen LogP contribution in [0.15, 0.2) is 58.3 Å². The number of hydrogen-bond donors (Lipinski definition) is 0. The predicted octanol–water partition coefficient (Wildman–Crippen LogP) is 4.14. The summed E-state index contributed by atoms with van der Waals surface area (Å²) in [4.78, 5) is 25.4. The van der Waals surface area contributed by atoms with Crippen molar-refractivity contribution in [3.63, 3.8) is 0 Å². The van der Waals surface area contributed by atoms with Crippen molar-refractivity contribution in [1.29, 1.82) is 0 Å². The molecule has 0 spiro atoms. The molecule has 4 aromatic rings. The van der Waals surface area contributed by atoms with Gasteiger partial charge in [0.2, 0.25) is 0 Å². The quantitative estimate of drug-likeness (QED) is 0.491. The van der Waals surface area contributed by atoms with E-state index in [1.54, 1.807) is 48.1 Å². The predicted molar refractivity (Wildman–Crippen MR) is 109 cm³/mol. The molecule has 0 amide bonds. The van der Waals surface area contributed by atoms with E-state index < -0.39 is 11.2 Å². The van der Waals surface area contributed by atoms with E-state index in [1.165, 1.54) is 23.7 Å². The van der Waals surface area contributed by atoms with Crippen molar-refractivity contribution in [2.75, 3.05) is 0 Å². The highest BCUT2D eigenvalue weighted by Crippen LogP contribution is 2.36. The molecule has 0 unspecified atom stereocenters. The molecule has 0 aliphatic rings. The van der Waals surface area contributed by atoms with Crippen LogP contribution in [0, 0.1) is 5.82 Å². The Morgan fingerprint density at radius 3 is 2.25 bits per heavy atom.